The predicted octanol–water partition coefficient (Wildman–Crippen LogP) is 3.45. The number of benzene rings is 2. The van der Waals surface area contributed by atoms with E-state index in [4.69, 9.17) is 4.52 Å². The number of fused-ring (bicyclic) bond motifs is 1. The molecule has 9 nitrogen and oxygen atoms in total. The highest BCUT2D eigenvalue weighted by Crippen LogP contribution is 2.24. The van der Waals surface area contributed by atoms with Crippen LogP contribution in [-0.4, -0.2) is 64.9 Å². The van der Waals surface area contributed by atoms with Crippen molar-refractivity contribution < 1.29 is 12.9 Å². The number of hydrogen-bond acceptors (Lipinski definition) is 8. The van der Waals surface area contributed by atoms with Gasteiger partial charge >= 0.3 is 0 Å². The van der Waals surface area contributed by atoms with Crippen molar-refractivity contribution >= 4 is 26.8 Å². The van der Waals surface area contributed by atoms with Gasteiger partial charge in [0.25, 0.3) is 5.89 Å². The second-order valence-electron chi connectivity index (χ2n) is 9.27. The summed E-state index contributed by atoms with van der Waals surface area (Å²) in [7, 11) is -1.30. The molecule has 0 saturated carbocycles. The standard InChI is InChI=1S/C25H30N6O3S/c1-17-26-24(34-29-17)19-6-4-18(5-7-19)10-13-31-14-11-20(12-15-31)27-25-28-22-16-21(35(3,32)33)8-9-23(22)30(25)2/h4-9,16,20H,10-15H2,1-3H3,(H,27,28). The molecule has 0 amide bonds. The molecule has 1 aliphatic heterocycles. The molecular weight excluding hydrogens is 464 g/mol. The smallest absolute Gasteiger partial charge is 0.257 e. The lowest BCUT2D eigenvalue weighted by molar-refractivity contribution is 0.221. The van der Waals surface area contributed by atoms with E-state index < -0.39 is 9.84 Å². The van der Waals surface area contributed by atoms with Gasteiger partial charge in [-0.3, -0.25) is 0 Å². The minimum absolute atomic E-state index is 0.294. The van der Waals surface area contributed by atoms with Crippen LogP contribution >= 0.6 is 0 Å². The van der Waals surface area contributed by atoms with Gasteiger partial charge in [-0.15, -0.1) is 0 Å². The number of nitrogens with one attached hydrogen (secondary N) is 1. The number of anilines is 1. The molecule has 0 bridgehead atoms. The van der Waals surface area contributed by atoms with Crippen molar-refractivity contribution in [2.24, 2.45) is 7.05 Å². The van der Waals surface area contributed by atoms with Crippen molar-refractivity contribution in [3.63, 3.8) is 0 Å². The van der Waals surface area contributed by atoms with Crippen molar-refractivity contribution in [3.8, 4) is 11.5 Å². The van der Waals surface area contributed by atoms with Crippen LogP contribution in [0.3, 0.4) is 0 Å². The lowest BCUT2D eigenvalue weighted by atomic mass is 10.0. The lowest BCUT2D eigenvalue weighted by Crippen LogP contribution is -2.40. The fourth-order valence-corrected chi connectivity index (χ4v) is 5.18. The minimum atomic E-state index is -3.26. The van der Waals surface area contributed by atoms with Gasteiger partial charge in [-0.2, -0.15) is 4.98 Å². The quantitative estimate of drug-likeness (QED) is 0.416. The molecule has 2 aromatic carbocycles. The predicted molar refractivity (Wildman–Crippen MR) is 135 cm³/mol. The molecule has 4 aromatic rings. The molecule has 184 valence electrons. The molecule has 3 heterocycles. The summed E-state index contributed by atoms with van der Waals surface area (Å²) in [6.45, 7) is 4.89. The van der Waals surface area contributed by atoms with Gasteiger partial charge in [0.2, 0.25) is 5.95 Å². The second kappa shape index (κ2) is 9.43. The molecule has 1 aliphatic rings. The summed E-state index contributed by atoms with van der Waals surface area (Å²) in [5, 5.41) is 7.42. The fraction of sp³-hybridized carbons (Fsp3) is 0.400. The zero-order valence-corrected chi connectivity index (χ0v) is 21.0. The third-order valence-electron chi connectivity index (χ3n) is 6.65. The third-order valence-corrected chi connectivity index (χ3v) is 7.76. The largest absolute Gasteiger partial charge is 0.353 e. The fourth-order valence-electron chi connectivity index (χ4n) is 4.54. The first kappa shape index (κ1) is 23.5. The van der Waals surface area contributed by atoms with Gasteiger partial charge in [0.15, 0.2) is 15.7 Å². The van der Waals surface area contributed by atoms with Crippen molar-refractivity contribution in [2.45, 2.75) is 37.1 Å². The maximum absolute atomic E-state index is 11.9. The van der Waals surface area contributed by atoms with Crippen molar-refractivity contribution in [3.05, 3.63) is 53.9 Å². The summed E-state index contributed by atoms with van der Waals surface area (Å²) in [5.74, 6) is 1.97. The molecule has 0 atom stereocenters. The monoisotopic (exact) mass is 494 g/mol. The first-order valence-corrected chi connectivity index (χ1v) is 13.7. The Hall–Kier alpha value is -3.24. The zero-order valence-electron chi connectivity index (χ0n) is 20.2. The molecule has 2 aromatic heterocycles. The Bertz CT molecular complexity index is 1430. The number of aryl methyl sites for hydroxylation is 2. The molecule has 0 spiro atoms. The Kier molecular flexibility index (Phi) is 6.33. The summed E-state index contributed by atoms with van der Waals surface area (Å²) in [6.07, 6.45) is 4.28. The van der Waals surface area contributed by atoms with Crippen LogP contribution in [0.25, 0.3) is 22.5 Å². The summed E-state index contributed by atoms with van der Waals surface area (Å²) in [5.41, 5.74) is 3.84. The van der Waals surface area contributed by atoms with Crippen LogP contribution in [0, 0.1) is 6.92 Å². The Labute approximate surface area is 205 Å². The number of hydrogen-bond donors (Lipinski definition) is 1. The molecule has 0 aliphatic carbocycles. The number of nitrogens with zero attached hydrogens (tertiary/aromatic N) is 5. The van der Waals surface area contributed by atoms with E-state index in [-0.39, 0.29) is 0 Å². The third kappa shape index (κ3) is 5.23. The normalized spacial score (nSPS) is 15.6. The van der Waals surface area contributed by atoms with Gasteiger partial charge in [-0.25, -0.2) is 13.4 Å². The lowest BCUT2D eigenvalue weighted by Gasteiger charge is -2.32. The summed E-state index contributed by atoms with van der Waals surface area (Å²) in [6, 6.07) is 13.8. The highest BCUT2D eigenvalue weighted by molar-refractivity contribution is 7.90. The van der Waals surface area contributed by atoms with E-state index in [1.807, 2.05) is 36.7 Å². The van der Waals surface area contributed by atoms with Crippen LogP contribution < -0.4 is 5.32 Å². The highest BCUT2D eigenvalue weighted by Gasteiger charge is 2.21. The number of imidazole rings is 1. The number of piperidine rings is 1. The van der Waals surface area contributed by atoms with Gasteiger partial charge in [0.05, 0.1) is 15.9 Å². The van der Waals surface area contributed by atoms with Crippen LogP contribution in [0.4, 0.5) is 5.95 Å². The second-order valence-corrected chi connectivity index (χ2v) is 11.3. The van der Waals surface area contributed by atoms with Crippen molar-refractivity contribution in [1.29, 1.82) is 0 Å². The van der Waals surface area contributed by atoms with Crippen LogP contribution in [0.5, 0.6) is 0 Å². The topological polar surface area (TPSA) is 106 Å². The Balaban J connectivity index is 1.14. The Morgan fingerprint density at radius 3 is 2.49 bits per heavy atom. The van der Waals surface area contributed by atoms with Crippen LogP contribution in [0.15, 0.2) is 51.9 Å². The van der Waals surface area contributed by atoms with Crippen LogP contribution in [0.2, 0.25) is 0 Å². The van der Waals surface area contributed by atoms with E-state index in [9.17, 15) is 8.42 Å². The molecule has 5 rings (SSSR count). The van der Waals surface area contributed by atoms with Gasteiger partial charge in [0.1, 0.15) is 0 Å². The summed E-state index contributed by atoms with van der Waals surface area (Å²) < 4.78 is 31.0. The first-order valence-electron chi connectivity index (χ1n) is 11.8. The minimum Gasteiger partial charge on any atom is -0.353 e. The molecule has 0 unspecified atom stereocenters. The summed E-state index contributed by atoms with van der Waals surface area (Å²) >= 11 is 0. The zero-order chi connectivity index (χ0) is 24.6. The van der Waals surface area contributed by atoms with E-state index in [0.29, 0.717) is 28.2 Å². The first-order chi connectivity index (χ1) is 16.8. The maximum atomic E-state index is 11.9. The Morgan fingerprint density at radius 1 is 1.09 bits per heavy atom. The molecule has 10 heteroatoms. The van der Waals surface area contributed by atoms with E-state index in [1.54, 1.807) is 12.1 Å². The molecule has 1 saturated heterocycles. The molecule has 35 heavy (non-hydrogen) atoms. The van der Waals surface area contributed by atoms with Crippen LogP contribution in [-0.2, 0) is 23.3 Å². The van der Waals surface area contributed by atoms with Crippen LogP contribution in [0.1, 0.15) is 24.2 Å². The van der Waals surface area contributed by atoms with E-state index in [0.717, 1.165) is 55.9 Å². The molecule has 1 N–H and O–H groups in total. The van der Waals surface area contributed by atoms with E-state index >= 15 is 0 Å². The number of likely N-dealkylation sites (tertiary alicyclic amines) is 1. The SMILES string of the molecule is Cc1noc(-c2ccc(CCN3CCC(Nc4nc5cc(S(C)(=O)=O)ccc5n4C)CC3)cc2)n1. The number of sulfone groups is 1. The van der Waals surface area contributed by atoms with E-state index in [2.05, 4.69) is 37.5 Å². The van der Waals surface area contributed by atoms with E-state index in [1.165, 1.54) is 11.8 Å². The number of aromatic nitrogens is 4. The summed E-state index contributed by atoms with van der Waals surface area (Å²) in [4.78, 5) is 11.7. The van der Waals surface area contributed by atoms with Gasteiger partial charge in [-0.1, -0.05) is 17.3 Å². The van der Waals surface area contributed by atoms with Gasteiger partial charge < -0.3 is 19.3 Å². The molecular formula is C25H30N6O3S. The molecule has 0 radical (unpaired) electrons. The van der Waals surface area contributed by atoms with Crippen molar-refractivity contribution in [1.82, 2.24) is 24.6 Å². The van der Waals surface area contributed by atoms with Crippen molar-refractivity contribution in [2.75, 3.05) is 31.2 Å². The maximum Gasteiger partial charge on any atom is 0.257 e. The number of rotatable bonds is 7. The average Bonchev–Trinajstić information content (AvgIpc) is 3.41. The average molecular weight is 495 g/mol. The highest BCUT2D eigenvalue weighted by atomic mass is 32.2. The molecule has 1 fully saturated rings. The van der Waals surface area contributed by atoms with Gasteiger partial charge in [-0.05, 0) is 62.1 Å². The van der Waals surface area contributed by atoms with Gasteiger partial charge in [0, 0.05) is 44.5 Å². The Morgan fingerprint density at radius 2 is 1.83 bits per heavy atom.